The van der Waals surface area contributed by atoms with Crippen molar-refractivity contribution in [3.05, 3.63) is 12.2 Å². The molecule has 0 fully saturated rings. The molecule has 1 aliphatic carbocycles. The summed E-state index contributed by atoms with van der Waals surface area (Å²) in [5, 5.41) is 10.6. The number of carboxylic acids is 1. The van der Waals surface area contributed by atoms with Gasteiger partial charge in [0.15, 0.2) is 0 Å². The minimum absolute atomic E-state index is 0.333. The van der Waals surface area contributed by atoms with Crippen molar-refractivity contribution in [2.45, 2.75) is 18.8 Å². The molecule has 0 aromatic rings. The molecule has 1 rings (SSSR count). The van der Waals surface area contributed by atoms with Crippen LogP contribution in [0.1, 0.15) is 12.8 Å². The van der Waals surface area contributed by atoms with Gasteiger partial charge in [0.25, 0.3) is 0 Å². The maximum atomic E-state index is 12.5. The predicted molar refractivity (Wildman–Crippen MR) is 47.3 cm³/mol. The molecule has 14 heavy (non-hydrogen) atoms. The van der Waals surface area contributed by atoms with E-state index in [4.69, 9.17) is 5.11 Å². The van der Waals surface area contributed by atoms with E-state index in [2.05, 4.69) is 5.32 Å². The summed E-state index contributed by atoms with van der Waals surface area (Å²) < 4.78 is 25.1. The molecule has 3 nitrogen and oxygen atoms in total. The Morgan fingerprint density at radius 3 is 2.57 bits per heavy atom. The van der Waals surface area contributed by atoms with E-state index in [0.717, 1.165) is 12.8 Å². The zero-order valence-electron chi connectivity index (χ0n) is 7.67. The first kappa shape index (κ1) is 11.1. The second-order valence-electron chi connectivity index (χ2n) is 3.45. The number of hydrogen-bond donors (Lipinski definition) is 2. The van der Waals surface area contributed by atoms with Gasteiger partial charge in [-0.25, -0.2) is 4.79 Å². The lowest BCUT2D eigenvalue weighted by molar-refractivity contribution is -0.164. The SMILES string of the molecule is O=C(O)C(F)(F)CNCC1CC=CC1. The van der Waals surface area contributed by atoms with Crippen molar-refractivity contribution in [2.24, 2.45) is 5.92 Å². The summed E-state index contributed by atoms with van der Waals surface area (Å²) in [7, 11) is 0. The normalized spacial score (nSPS) is 17.6. The zero-order chi connectivity index (χ0) is 10.6. The standard InChI is InChI=1S/C9H13F2NO2/c10-9(11,8(13)14)6-12-5-7-3-1-2-4-7/h1-2,7,12H,3-6H2,(H,13,14). The van der Waals surface area contributed by atoms with E-state index >= 15 is 0 Å². The average Bonchev–Trinajstić information content (AvgIpc) is 2.56. The molecule has 0 atom stereocenters. The molecule has 0 heterocycles. The molecular formula is C9H13F2NO2. The smallest absolute Gasteiger partial charge is 0.375 e. The summed E-state index contributed by atoms with van der Waals surface area (Å²) >= 11 is 0. The van der Waals surface area contributed by atoms with Crippen LogP contribution in [-0.2, 0) is 4.79 Å². The van der Waals surface area contributed by atoms with Crippen LogP contribution in [0.3, 0.4) is 0 Å². The van der Waals surface area contributed by atoms with Gasteiger partial charge in [-0.2, -0.15) is 8.78 Å². The molecule has 2 N–H and O–H groups in total. The van der Waals surface area contributed by atoms with Crippen molar-refractivity contribution in [1.82, 2.24) is 5.32 Å². The van der Waals surface area contributed by atoms with Gasteiger partial charge in [0.1, 0.15) is 0 Å². The predicted octanol–water partition coefficient (Wildman–Crippen LogP) is 1.26. The molecular weight excluding hydrogens is 192 g/mol. The quantitative estimate of drug-likeness (QED) is 0.664. The van der Waals surface area contributed by atoms with Gasteiger partial charge in [0, 0.05) is 0 Å². The fourth-order valence-corrected chi connectivity index (χ4v) is 1.35. The van der Waals surface area contributed by atoms with E-state index in [1.807, 2.05) is 12.2 Å². The monoisotopic (exact) mass is 205 g/mol. The first-order chi connectivity index (χ1) is 6.52. The van der Waals surface area contributed by atoms with E-state index in [9.17, 15) is 13.6 Å². The maximum Gasteiger partial charge on any atom is 0.375 e. The van der Waals surface area contributed by atoms with Gasteiger partial charge < -0.3 is 10.4 Å². The molecule has 0 saturated heterocycles. The van der Waals surface area contributed by atoms with Crippen LogP contribution in [0.25, 0.3) is 0 Å². The van der Waals surface area contributed by atoms with Gasteiger partial charge in [-0.05, 0) is 25.3 Å². The molecule has 0 radical (unpaired) electrons. The molecule has 0 aromatic carbocycles. The van der Waals surface area contributed by atoms with Crippen LogP contribution in [-0.4, -0.2) is 30.1 Å². The van der Waals surface area contributed by atoms with Gasteiger partial charge >= 0.3 is 11.9 Å². The highest BCUT2D eigenvalue weighted by atomic mass is 19.3. The van der Waals surface area contributed by atoms with Crippen LogP contribution in [0, 0.1) is 5.92 Å². The van der Waals surface area contributed by atoms with E-state index in [0.29, 0.717) is 12.5 Å². The minimum atomic E-state index is -3.66. The highest BCUT2D eigenvalue weighted by Crippen LogP contribution is 2.17. The number of carboxylic acid groups (broad SMARTS) is 1. The molecule has 0 amide bonds. The number of alkyl halides is 2. The van der Waals surface area contributed by atoms with Crippen molar-refractivity contribution >= 4 is 5.97 Å². The van der Waals surface area contributed by atoms with E-state index in [-0.39, 0.29) is 0 Å². The van der Waals surface area contributed by atoms with Gasteiger partial charge in [0.05, 0.1) is 6.54 Å². The highest BCUT2D eigenvalue weighted by Gasteiger charge is 2.38. The van der Waals surface area contributed by atoms with Crippen LogP contribution in [0.15, 0.2) is 12.2 Å². The third-order valence-electron chi connectivity index (χ3n) is 2.20. The van der Waals surface area contributed by atoms with Crippen molar-refractivity contribution in [3.63, 3.8) is 0 Å². The lowest BCUT2D eigenvalue weighted by atomic mass is 10.1. The van der Waals surface area contributed by atoms with E-state index < -0.39 is 18.4 Å². The zero-order valence-corrected chi connectivity index (χ0v) is 7.67. The Morgan fingerprint density at radius 1 is 1.50 bits per heavy atom. The minimum Gasteiger partial charge on any atom is -0.477 e. The van der Waals surface area contributed by atoms with E-state index in [1.54, 1.807) is 0 Å². The Balaban J connectivity index is 2.17. The second kappa shape index (κ2) is 4.50. The first-order valence-electron chi connectivity index (χ1n) is 4.49. The van der Waals surface area contributed by atoms with Crippen LogP contribution in [0.4, 0.5) is 8.78 Å². The fraction of sp³-hybridized carbons (Fsp3) is 0.667. The number of aliphatic carboxylic acids is 1. The van der Waals surface area contributed by atoms with Crippen LogP contribution >= 0.6 is 0 Å². The molecule has 0 spiro atoms. The fourth-order valence-electron chi connectivity index (χ4n) is 1.35. The molecule has 0 bridgehead atoms. The summed E-state index contributed by atoms with van der Waals surface area (Å²) in [4.78, 5) is 10.0. The van der Waals surface area contributed by atoms with Gasteiger partial charge in [-0.15, -0.1) is 0 Å². The number of carbonyl (C=O) groups is 1. The lowest BCUT2D eigenvalue weighted by Gasteiger charge is -2.14. The third-order valence-corrected chi connectivity index (χ3v) is 2.20. The summed E-state index contributed by atoms with van der Waals surface area (Å²) in [5.74, 6) is -5.40. The van der Waals surface area contributed by atoms with Gasteiger partial charge in [0.2, 0.25) is 0 Å². The Kier molecular flexibility index (Phi) is 3.57. The summed E-state index contributed by atoms with van der Waals surface area (Å²) in [6.45, 7) is -0.352. The summed E-state index contributed by atoms with van der Waals surface area (Å²) in [6.07, 6.45) is 5.76. The summed E-state index contributed by atoms with van der Waals surface area (Å²) in [6, 6.07) is 0. The van der Waals surface area contributed by atoms with Gasteiger partial charge in [-0.1, -0.05) is 12.2 Å². The summed E-state index contributed by atoms with van der Waals surface area (Å²) in [5.41, 5.74) is 0. The number of hydrogen-bond acceptors (Lipinski definition) is 2. The van der Waals surface area contributed by atoms with Crippen molar-refractivity contribution in [2.75, 3.05) is 13.1 Å². The van der Waals surface area contributed by atoms with Crippen LogP contribution in [0.5, 0.6) is 0 Å². The second-order valence-corrected chi connectivity index (χ2v) is 3.45. The molecule has 0 saturated carbocycles. The van der Waals surface area contributed by atoms with Gasteiger partial charge in [-0.3, -0.25) is 0 Å². The first-order valence-corrected chi connectivity index (χ1v) is 4.49. The Hall–Kier alpha value is -0.970. The maximum absolute atomic E-state index is 12.5. The molecule has 0 unspecified atom stereocenters. The van der Waals surface area contributed by atoms with Crippen LogP contribution in [0.2, 0.25) is 0 Å². The molecule has 0 aromatic heterocycles. The van der Waals surface area contributed by atoms with Crippen molar-refractivity contribution in [3.8, 4) is 0 Å². The Bertz CT molecular complexity index is 233. The van der Waals surface area contributed by atoms with Crippen LogP contribution < -0.4 is 5.32 Å². The third kappa shape index (κ3) is 3.06. The largest absolute Gasteiger partial charge is 0.477 e. The molecule has 5 heteroatoms. The molecule has 80 valence electrons. The average molecular weight is 205 g/mol. The Labute approximate surface area is 80.8 Å². The lowest BCUT2D eigenvalue weighted by Crippen LogP contribution is -2.41. The topological polar surface area (TPSA) is 49.3 Å². The molecule has 0 aliphatic heterocycles. The number of allylic oxidation sites excluding steroid dienone is 2. The number of rotatable bonds is 5. The van der Waals surface area contributed by atoms with Crippen molar-refractivity contribution < 1.29 is 18.7 Å². The highest BCUT2D eigenvalue weighted by molar-refractivity contribution is 5.75. The van der Waals surface area contributed by atoms with Crippen molar-refractivity contribution in [1.29, 1.82) is 0 Å². The van der Waals surface area contributed by atoms with E-state index in [1.165, 1.54) is 0 Å². The molecule has 1 aliphatic rings. The number of halogens is 2. The number of nitrogens with one attached hydrogen (secondary N) is 1. The Morgan fingerprint density at radius 2 is 2.07 bits per heavy atom.